The Morgan fingerprint density at radius 3 is 2.32 bits per heavy atom. The van der Waals surface area contributed by atoms with Gasteiger partial charge in [0.05, 0.1) is 19.4 Å². The van der Waals surface area contributed by atoms with E-state index in [1.165, 1.54) is 38.3 Å². The highest BCUT2D eigenvalue weighted by atomic mass is 19.4. The van der Waals surface area contributed by atoms with E-state index in [0.29, 0.717) is 5.75 Å². The van der Waals surface area contributed by atoms with E-state index in [1.54, 1.807) is 0 Å². The van der Waals surface area contributed by atoms with E-state index in [1.807, 2.05) is 0 Å². The Bertz CT molecular complexity index is 580. The van der Waals surface area contributed by atoms with E-state index in [9.17, 15) is 18.0 Å². The van der Waals surface area contributed by atoms with E-state index in [2.05, 4.69) is 15.0 Å². The molecule has 0 heterocycles. The first-order valence-corrected chi connectivity index (χ1v) is 6.03. The van der Waals surface area contributed by atoms with Gasteiger partial charge >= 0.3 is 12.1 Å². The predicted molar refractivity (Wildman–Crippen MR) is 69.9 cm³/mol. The fourth-order valence-electron chi connectivity index (χ4n) is 1.28. The molecule has 0 bridgehead atoms. The van der Waals surface area contributed by atoms with Crippen LogP contribution in [0.3, 0.4) is 0 Å². The lowest BCUT2D eigenvalue weighted by Crippen LogP contribution is -2.18. The molecule has 0 aromatic heterocycles. The number of benzene rings is 1. The highest BCUT2D eigenvalue weighted by Gasteiger charge is 2.39. The normalized spacial score (nSPS) is 13.0. The number of rotatable bonds is 5. The standard InChI is InChI=1S/C13H13F3N2O4/c1-3-22-12(20)10(11(19)13(14,15)16)18-17-8-4-6-9(21-2)7-5-8/h4-7,19H,3H2,1-2H3. The van der Waals surface area contributed by atoms with Crippen molar-refractivity contribution in [1.82, 2.24) is 0 Å². The number of azo groups is 1. The number of aliphatic hydroxyl groups is 1. The fourth-order valence-corrected chi connectivity index (χ4v) is 1.28. The molecule has 1 aromatic rings. The number of hydrogen-bond acceptors (Lipinski definition) is 6. The van der Waals surface area contributed by atoms with Crippen molar-refractivity contribution in [2.75, 3.05) is 13.7 Å². The van der Waals surface area contributed by atoms with Gasteiger partial charge in [0.15, 0.2) is 0 Å². The van der Waals surface area contributed by atoms with Crippen molar-refractivity contribution in [3.8, 4) is 5.75 Å². The molecule has 1 rings (SSSR count). The number of carbonyl (C=O) groups excluding carboxylic acids is 1. The molecule has 0 unspecified atom stereocenters. The largest absolute Gasteiger partial charge is 0.502 e. The lowest BCUT2D eigenvalue weighted by atomic mass is 10.3. The molecule has 1 N–H and O–H groups in total. The zero-order chi connectivity index (χ0) is 16.8. The number of alkyl halides is 3. The third-order valence-corrected chi connectivity index (χ3v) is 2.30. The fraction of sp³-hybridized carbons (Fsp3) is 0.308. The molecular weight excluding hydrogens is 305 g/mol. The average Bonchev–Trinajstić information content (AvgIpc) is 2.47. The summed E-state index contributed by atoms with van der Waals surface area (Å²) in [4.78, 5) is 11.4. The zero-order valence-corrected chi connectivity index (χ0v) is 11.7. The monoisotopic (exact) mass is 318 g/mol. The Hall–Kier alpha value is -2.58. The molecule has 0 saturated heterocycles. The lowest BCUT2D eigenvalue weighted by Gasteiger charge is -2.08. The quantitative estimate of drug-likeness (QED) is 0.389. The van der Waals surface area contributed by atoms with Gasteiger partial charge in [0.2, 0.25) is 11.5 Å². The number of aliphatic hydroxyl groups excluding tert-OH is 1. The second-order valence-corrected chi connectivity index (χ2v) is 3.81. The van der Waals surface area contributed by atoms with Crippen LogP contribution >= 0.6 is 0 Å². The number of nitrogens with zero attached hydrogens (tertiary/aromatic N) is 2. The Morgan fingerprint density at radius 2 is 1.86 bits per heavy atom. The van der Waals surface area contributed by atoms with Gasteiger partial charge in [0, 0.05) is 0 Å². The predicted octanol–water partition coefficient (Wildman–Crippen LogP) is 3.67. The van der Waals surface area contributed by atoms with Crippen molar-refractivity contribution in [2.45, 2.75) is 13.1 Å². The highest BCUT2D eigenvalue weighted by molar-refractivity contribution is 5.88. The number of esters is 1. The summed E-state index contributed by atoms with van der Waals surface area (Å²) in [5.74, 6) is -3.07. The molecule has 0 amide bonds. The first-order valence-electron chi connectivity index (χ1n) is 6.03. The van der Waals surface area contributed by atoms with Gasteiger partial charge in [-0.15, -0.1) is 5.11 Å². The maximum Gasteiger partial charge on any atom is 0.451 e. The van der Waals surface area contributed by atoms with Crippen LogP contribution in [-0.2, 0) is 9.53 Å². The summed E-state index contributed by atoms with van der Waals surface area (Å²) >= 11 is 0. The zero-order valence-electron chi connectivity index (χ0n) is 11.7. The first-order chi connectivity index (χ1) is 10.3. The third-order valence-electron chi connectivity index (χ3n) is 2.30. The lowest BCUT2D eigenvalue weighted by molar-refractivity contribution is -0.143. The van der Waals surface area contributed by atoms with Crippen LogP contribution < -0.4 is 4.74 Å². The van der Waals surface area contributed by atoms with E-state index >= 15 is 0 Å². The number of halogens is 3. The van der Waals surface area contributed by atoms with Gasteiger partial charge in [-0.05, 0) is 31.2 Å². The van der Waals surface area contributed by atoms with Crippen LogP contribution in [0.15, 0.2) is 46.0 Å². The SMILES string of the molecule is CCOC(=O)C(N=Nc1ccc(OC)cc1)=C(O)C(F)(F)F. The Morgan fingerprint density at radius 1 is 1.27 bits per heavy atom. The molecule has 1 aromatic carbocycles. The summed E-state index contributed by atoms with van der Waals surface area (Å²) < 4.78 is 46.8. The minimum atomic E-state index is -5.14. The number of methoxy groups -OCH3 is 1. The maximum atomic E-state index is 12.5. The number of hydrogen-bond donors (Lipinski definition) is 1. The number of carbonyl (C=O) groups is 1. The van der Waals surface area contributed by atoms with Crippen LogP contribution in [0.1, 0.15) is 6.92 Å². The van der Waals surface area contributed by atoms with Crippen molar-refractivity contribution in [3.63, 3.8) is 0 Å². The average molecular weight is 318 g/mol. The molecule has 0 aliphatic carbocycles. The summed E-state index contributed by atoms with van der Waals surface area (Å²) in [5, 5.41) is 15.7. The van der Waals surface area contributed by atoms with Gasteiger partial charge < -0.3 is 14.6 Å². The minimum absolute atomic E-state index is 0.164. The number of allylic oxidation sites excluding steroid dienone is 1. The van der Waals surface area contributed by atoms with Crippen molar-refractivity contribution in [1.29, 1.82) is 0 Å². The molecule has 0 aliphatic rings. The van der Waals surface area contributed by atoms with E-state index in [4.69, 9.17) is 9.84 Å². The summed E-state index contributed by atoms with van der Waals surface area (Å²) in [7, 11) is 1.44. The van der Waals surface area contributed by atoms with Crippen molar-refractivity contribution < 1.29 is 32.5 Å². The first kappa shape index (κ1) is 17.5. The second-order valence-electron chi connectivity index (χ2n) is 3.81. The van der Waals surface area contributed by atoms with Crippen LogP contribution in [0, 0.1) is 0 Å². The van der Waals surface area contributed by atoms with Crippen molar-refractivity contribution in [2.24, 2.45) is 10.2 Å². The molecule has 0 radical (unpaired) electrons. The molecule has 22 heavy (non-hydrogen) atoms. The topological polar surface area (TPSA) is 80.5 Å². The van der Waals surface area contributed by atoms with Crippen molar-refractivity contribution in [3.05, 3.63) is 35.7 Å². The van der Waals surface area contributed by atoms with Crippen LogP contribution in [0.2, 0.25) is 0 Å². The van der Waals surface area contributed by atoms with Gasteiger partial charge in [0.1, 0.15) is 5.75 Å². The van der Waals surface area contributed by atoms with Gasteiger partial charge in [-0.1, -0.05) is 0 Å². The van der Waals surface area contributed by atoms with E-state index in [-0.39, 0.29) is 12.3 Å². The smallest absolute Gasteiger partial charge is 0.451 e. The summed E-state index contributed by atoms with van der Waals surface area (Å²) in [6, 6.07) is 5.84. The van der Waals surface area contributed by atoms with Crippen LogP contribution in [-0.4, -0.2) is 31.0 Å². The van der Waals surface area contributed by atoms with Gasteiger partial charge in [-0.2, -0.15) is 18.3 Å². The minimum Gasteiger partial charge on any atom is -0.502 e. The molecule has 0 atom stereocenters. The molecule has 0 aliphatic heterocycles. The Labute approximate surface area is 123 Å². The Kier molecular flexibility index (Phi) is 5.90. The molecule has 120 valence electrons. The van der Waals surface area contributed by atoms with Gasteiger partial charge in [-0.25, -0.2) is 4.79 Å². The van der Waals surface area contributed by atoms with E-state index < -0.39 is 23.6 Å². The molecule has 0 fully saturated rings. The van der Waals surface area contributed by atoms with Gasteiger partial charge in [-0.3, -0.25) is 0 Å². The molecule has 9 heteroatoms. The molecule has 6 nitrogen and oxygen atoms in total. The summed E-state index contributed by atoms with van der Waals surface area (Å²) in [6.45, 7) is 1.23. The van der Waals surface area contributed by atoms with Gasteiger partial charge in [0.25, 0.3) is 0 Å². The van der Waals surface area contributed by atoms with E-state index in [0.717, 1.165) is 0 Å². The molecule has 0 saturated carbocycles. The Balaban J connectivity index is 3.12. The number of ether oxygens (including phenoxy) is 2. The third kappa shape index (κ3) is 4.76. The summed E-state index contributed by atoms with van der Waals surface area (Å²) in [5.41, 5.74) is -1.15. The van der Waals surface area contributed by atoms with Crippen LogP contribution in [0.25, 0.3) is 0 Å². The van der Waals surface area contributed by atoms with Crippen molar-refractivity contribution >= 4 is 11.7 Å². The van der Waals surface area contributed by atoms with Crippen LogP contribution in [0.5, 0.6) is 5.75 Å². The highest BCUT2D eigenvalue weighted by Crippen LogP contribution is 2.28. The van der Waals surface area contributed by atoms with Crippen LogP contribution in [0.4, 0.5) is 18.9 Å². The molecular formula is C13H13F3N2O4. The summed E-state index contributed by atoms with van der Waals surface area (Å²) in [6.07, 6.45) is -5.14. The molecule has 0 spiro atoms. The second kappa shape index (κ2) is 7.43. The maximum absolute atomic E-state index is 12.5.